The monoisotopic (exact) mass is 284 g/mol. The molecular formula is C17H20N2O2. The molecule has 0 heterocycles. The van der Waals surface area contributed by atoms with Gasteiger partial charge in [0.1, 0.15) is 0 Å². The van der Waals surface area contributed by atoms with Crippen LogP contribution in [0.4, 0.5) is 5.69 Å². The van der Waals surface area contributed by atoms with Gasteiger partial charge in [0.15, 0.2) is 0 Å². The summed E-state index contributed by atoms with van der Waals surface area (Å²) in [5.41, 5.74) is 2.72. The summed E-state index contributed by atoms with van der Waals surface area (Å²) in [5.74, 6) is -0.0687. The van der Waals surface area contributed by atoms with Crippen LogP contribution in [0.2, 0.25) is 0 Å². The third-order valence-electron chi connectivity index (χ3n) is 3.24. The molecule has 4 nitrogen and oxygen atoms in total. The van der Waals surface area contributed by atoms with E-state index in [1.54, 1.807) is 0 Å². The normalized spacial score (nSPS) is 11.7. The lowest BCUT2D eigenvalue weighted by molar-refractivity contribution is -0.120. The molecule has 2 rings (SSSR count). The summed E-state index contributed by atoms with van der Waals surface area (Å²) in [6, 6.07) is 17.2. The van der Waals surface area contributed by atoms with Crippen LogP contribution in [0.15, 0.2) is 54.6 Å². The Morgan fingerprint density at radius 3 is 2.62 bits per heavy atom. The Kier molecular flexibility index (Phi) is 5.35. The van der Waals surface area contributed by atoms with Crippen molar-refractivity contribution in [3.8, 4) is 0 Å². The van der Waals surface area contributed by atoms with Gasteiger partial charge in [-0.1, -0.05) is 42.5 Å². The topological polar surface area (TPSA) is 61.4 Å². The molecule has 0 aromatic heterocycles. The summed E-state index contributed by atoms with van der Waals surface area (Å²) in [6.45, 7) is 2.15. The SMILES string of the molecule is CC(NC(=O)CNc1cccc(CO)c1)c1ccccc1. The van der Waals surface area contributed by atoms with E-state index in [-0.39, 0.29) is 25.1 Å². The first-order valence-corrected chi connectivity index (χ1v) is 6.97. The minimum absolute atomic E-state index is 0.00718. The summed E-state index contributed by atoms with van der Waals surface area (Å²) >= 11 is 0. The van der Waals surface area contributed by atoms with E-state index in [0.717, 1.165) is 16.8 Å². The fraction of sp³-hybridized carbons (Fsp3) is 0.235. The molecule has 2 aromatic rings. The molecule has 1 amide bonds. The number of aliphatic hydroxyl groups is 1. The third-order valence-corrected chi connectivity index (χ3v) is 3.24. The molecule has 1 unspecified atom stereocenters. The highest BCUT2D eigenvalue weighted by Gasteiger charge is 2.08. The standard InChI is InChI=1S/C17H20N2O2/c1-13(15-7-3-2-4-8-15)19-17(21)11-18-16-9-5-6-14(10-16)12-20/h2-10,13,18,20H,11-12H2,1H3,(H,19,21). The zero-order valence-electron chi connectivity index (χ0n) is 12.0. The zero-order valence-corrected chi connectivity index (χ0v) is 12.0. The summed E-state index contributed by atoms with van der Waals surface area (Å²) in [4.78, 5) is 11.9. The average Bonchev–Trinajstić information content (AvgIpc) is 2.54. The molecule has 0 fully saturated rings. The predicted molar refractivity (Wildman–Crippen MR) is 83.9 cm³/mol. The Labute approximate surface area is 124 Å². The minimum Gasteiger partial charge on any atom is -0.392 e. The van der Waals surface area contributed by atoms with Gasteiger partial charge in [0, 0.05) is 5.69 Å². The highest BCUT2D eigenvalue weighted by atomic mass is 16.3. The van der Waals surface area contributed by atoms with Crippen molar-refractivity contribution < 1.29 is 9.90 Å². The second kappa shape index (κ2) is 7.45. The van der Waals surface area contributed by atoms with Crippen molar-refractivity contribution in [2.75, 3.05) is 11.9 Å². The number of anilines is 1. The van der Waals surface area contributed by atoms with Gasteiger partial charge >= 0.3 is 0 Å². The number of amides is 1. The number of hydrogen-bond acceptors (Lipinski definition) is 3. The Hall–Kier alpha value is -2.33. The first-order chi connectivity index (χ1) is 10.2. The Morgan fingerprint density at radius 1 is 1.14 bits per heavy atom. The number of hydrogen-bond donors (Lipinski definition) is 3. The molecule has 0 saturated heterocycles. The van der Waals surface area contributed by atoms with E-state index in [1.807, 2.05) is 61.5 Å². The van der Waals surface area contributed by atoms with Crippen LogP contribution in [0.25, 0.3) is 0 Å². The van der Waals surface area contributed by atoms with Gasteiger partial charge < -0.3 is 15.7 Å². The van der Waals surface area contributed by atoms with Crippen LogP contribution in [0.3, 0.4) is 0 Å². The number of rotatable bonds is 6. The number of benzene rings is 2. The van der Waals surface area contributed by atoms with Crippen LogP contribution in [0.1, 0.15) is 24.1 Å². The third kappa shape index (κ3) is 4.61. The Bertz CT molecular complexity index is 584. The fourth-order valence-corrected chi connectivity index (χ4v) is 2.08. The lowest BCUT2D eigenvalue weighted by atomic mass is 10.1. The van der Waals surface area contributed by atoms with E-state index in [2.05, 4.69) is 10.6 Å². The molecule has 110 valence electrons. The molecule has 0 spiro atoms. The number of aliphatic hydroxyl groups excluding tert-OH is 1. The molecule has 2 aromatic carbocycles. The molecule has 0 radical (unpaired) electrons. The lowest BCUT2D eigenvalue weighted by Crippen LogP contribution is -2.32. The van der Waals surface area contributed by atoms with E-state index in [0.29, 0.717) is 0 Å². The van der Waals surface area contributed by atoms with E-state index >= 15 is 0 Å². The maximum Gasteiger partial charge on any atom is 0.239 e. The van der Waals surface area contributed by atoms with Crippen molar-refractivity contribution in [2.45, 2.75) is 19.6 Å². The molecule has 0 aliphatic rings. The number of carbonyl (C=O) groups is 1. The smallest absolute Gasteiger partial charge is 0.239 e. The lowest BCUT2D eigenvalue weighted by Gasteiger charge is -2.15. The van der Waals surface area contributed by atoms with Crippen LogP contribution in [-0.4, -0.2) is 17.6 Å². The van der Waals surface area contributed by atoms with Gasteiger partial charge in [-0.2, -0.15) is 0 Å². The highest BCUT2D eigenvalue weighted by molar-refractivity contribution is 5.81. The minimum atomic E-state index is -0.0687. The highest BCUT2D eigenvalue weighted by Crippen LogP contribution is 2.12. The first-order valence-electron chi connectivity index (χ1n) is 6.97. The maximum absolute atomic E-state index is 11.9. The van der Waals surface area contributed by atoms with Crippen LogP contribution in [0, 0.1) is 0 Å². The van der Waals surface area contributed by atoms with Crippen molar-refractivity contribution in [3.63, 3.8) is 0 Å². The van der Waals surface area contributed by atoms with E-state index in [9.17, 15) is 4.79 Å². The number of nitrogens with one attached hydrogen (secondary N) is 2. The summed E-state index contributed by atoms with van der Waals surface area (Å²) < 4.78 is 0. The molecule has 1 atom stereocenters. The Morgan fingerprint density at radius 2 is 1.90 bits per heavy atom. The predicted octanol–water partition coefficient (Wildman–Crippen LogP) is 2.47. The van der Waals surface area contributed by atoms with Crippen LogP contribution in [0.5, 0.6) is 0 Å². The van der Waals surface area contributed by atoms with E-state index in [1.165, 1.54) is 0 Å². The van der Waals surface area contributed by atoms with Gasteiger partial charge in [-0.3, -0.25) is 4.79 Å². The fourth-order valence-electron chi connectivity index (χ4n) is 2.08. The average molecular weight is 284 g/mol. The second-order valence-corrected chi connectivity index (χ2v) is 4.91. The molecule has 0 saturated carbocycles. The van der Waals surface area contributed by atoms with Gasteiger partial charge in [0.25, 0.3) is 0 Å². The summed E-state index contributed by atoms with van der Waals surface area (Å²) in [5, 5.41) is 15.1. The molecular weight excluding hydrogens is 264 g/mol. The van der Waals surface area contributed by atoms with Gasteiger partial charge in [0.2, 0.25) is 5.91 Å². The van der Waals surface area contributed by atoms with Crippen molar-refractivity contribution in [1.82, 2.24) is 5.32 Å². The molecule has 21 heavy (non-hydrogen) atoms. The van der Waals surface area contributed by atoms with Gasteiger partial charge in [-0.05, 0) is 30.2 Å². The quantitative estimate of drug-likeness (QED) is 0.763. The first kappa shape index (κ1) is 15.1. The van der Waals surface area contributed by atoms with Gasteiger partial charge in [0.05, 0.1) is 19.2 Å². The molecule has 0 aliphatic heterocycles. The van der Waals surface area contributed by atoms with Crippen LogP contribution < -0.4 is 10.6 Å². The van der Waals surface area contributed by atoms with Crippen LogP contribution >= 0.6 is 0 Å². The maximum atomic E-state index is 11.9. The summed E-state index contributed by atoms with van der Waals surface area (Å²) in [6.07, 6.45) is 0. The molecule has 4 heteroatoms. The van der Waals surface area contributed by atoms with Crippen molar-refractivity contribution in [3.05, 3.63) is 65.7 Å². The largest absolute Gasteiger partial charge is 0.392 e. The molecule has 3 N–H and O–H groups in total. The molecule has 0 aliphatic carbocycles. The van der Waals surface area contributed by atoms with Gasteiger partial charge in [-0.25, -0.2) is 0 Å². The second-order valence-electron chi connectivity index (χ2n) is 4.91. The van der Waals surface area contributed by atoms with E-state index in [4.69, 9.17) is 5.11 Å². The van der Waals surface area contributed by atoms with E-state index < -0.39 is 0 Å². The van der Waals surface area contributed by atoms with Crippen molar-refractivity contribution in [1.29, 1.82) is 0 Å². The van der Waals surface area contributed by atoms with Gasteiger partial charge in [-0.15, -0.1) is 0 Å². The van der Waals surface area contributed by atoms with Crippen molar-refractivity contribution in [2.24, 2.45) is 0 Å². The summed E-state index contributed by atoms with van der Waals surface area (Å²) in [7, 11) is 0. The zero-order chi connectivity index (χ0) is 15.1. The Balaban J connectivity index is 1.84. The van der Waals surface area contributed by atoms with Crippen molar-refractivity contribution >= 4 is 11.6 Å². The van der Waals surface area contributed by atoms with Crippen LogP contribution in [-0.2, 0) is 11.4 Å². The number of carbonyl (C=O) groups excluding carboxylic acids is 1. The molecule has 0 bridgehead atoms.